The molecule has 1 saturated heterocycles. The zero-order chi connectivity index (χ0) is 17.2. The van der Waals surface area contributed by atoms with Crippen LogP contribution < -0.4 is 16.0 Å². The number of methoxy groups -OCH3 is 1. The number of hydrogen-bond acceptors (Lipinski definition) is 5. The average molecular weight is 324 g/mol. The number of ether oxygens (including phenoxy) is 1. The van der Waals surface area contributed by atoms with Crippen molar-refractivity contribution >= 4 is 12.0 Å². The fourth-order valence-electron chi connectivity index (χ4n) is 3.15. The van der Waals surface area contributed by atoms with Crippen molar-refractivity contribution in [1.82, 2.24) is 20.9 Å². The van der Waals surface area contributed by atoms with E-state index in [9.17, 15) is 9.59 Å². The number of nitrogens with zero attached hydrogens (tertiary/aromatic N) is 1. The third-order valence-corrected chi connectivity index (χ3v) is 4.39. The lowest BCUT2D eigenvalue weighted by atomic mass is 9.85. The van der Waals surface area contributed by atoms with Crippen molar-refractivity contribution in [3.05, 3.63) is 11.9 Å². The van der Waals surface area contributed by atoms with Crippen molar-refractivity contribution in [2.45, 2.75) is 58.8 Å². The molecule has 2 aliphatic heterocycles. The van der Waals surface area contributed by atoms with Crippen molar-refractivity contribution in [2.75, 3.05) is 13.7 Å². The molecule has 0 aromatic heterocycles. The van der Waals surface area contributed by atoms with E-state index in [1.807, 2.05) is 38.8 Å². The van der Waals surface area contributed by atoms with Crippen molar-refractivity contribution in [3.63, 3.8) is 0 Å². The van der Waals surface area contributed by atoms with Crippen molar-refractivity contribution in [1.29, 1.82) is 0 Å². The van der Waals surface area contributed by atoms with Gasteiger partial charge >= 0.3 is 6.09 Å². The van der Waals surface area contributed by atoms with Crippen molar-refractivity contribution < 1.29 is 14.3 Å². The molecule has 0 bridgehead atoms. The van der Waals surface area contributed by atoms with Crippen LogP contribution in [0.3, 0.4) is 0 Å². The maximum absolute atomic E-state index is 13.1. The van der Waals surface area contributed by atoms with Gasteiger partial charge < -0.3 is 25.6 Å². The second-order valence-electron chi connectivity index (χ2n) is 7.29. The van der Waals surface area contributed by atoms with Gasteiger partial charge in [-0.1, -0.05) is 20.8 Å². The van der Waals surface area contributed by atoms with E-state index in [1.165, 1.54) is 7.11 Å². The van der Waals surface area contributed by atoms with E-state index >= 15 is 0 Å². The van der Waals surface area contributed by atoms with E-state index in [1.54, 1.807) is 0 Å². The maximum Gasteiger partial charge on any atom is 0.407 e. The molecule has 7 nitrogen and oxygen atoms in total. The van der Waals surface area contributed by atoms with Gasteiger partial charge in [0, 0.05) is 18.4 Å². The van der Waals surface area contributed by atoms with Crippen LogP contribution in [0, 0.1) is 5.41 Å². The van der Waals surface area contributed by atoms with Crippen molar-refractivity contribution in [3.8, 4) is 0 Å². The highest BCUT2D eigenvalue weighted by Gasteiger charge is 2.42. The SMILES string of the molecule is COC(=O)NC(C(=O)N1CCCC1C1NC=C(C)N1)C(C)(C)C. The lowest BCUT2D eigenvalue weighted by Gasteiger charge is -2.37. The predicted molar refractivity (Wildman–Crippen MR) is 87.3 cm³/mol. The Labute approximate surface area is 137 Å². The number of carbonyl (C=O) groups excluding carboxylic acids is 2. The first-order valence-electron chi connectivity index (χ1n) is 8.08. The fraction of sp³-hybridized carbons (Fsp3) is 0.750. The molecule has 2 rings (SSSR count). The summed E-state index contributed by atoms with van der Waals surface area (Å²) in [5, 5.41) is 9.34. The van der Waals surface area contributed by atoms with Crippen LogP contribution in [0.4, 0.5) is 4.79 Å². The first-order valence-corrected chi connectivity index (χ1v) is 8.08. The van der Waals surface area contributed by atoms with Gasteiger partial charge in [-0.05, 0) is 25.2 Å². The first-order chi connectivity index (χ1) is 10.7. The molecule has 0 radical (unpaired) electrons. The fourth-order valence-corrected chi connectivity index (χ4v) is 3.15. The molecule has 0 aromatic rings. The second kappa shape index (κ2) is 6.68. The Kier molecular flexibility index (Phi) is 5.06. The summed E-state index contributed by atoms with van der Waals surface area (Å²) in [5.41, 5.74) is 0.665. The normalized spacial score (nSPS) is 25.3. The minimum atomic E-state index is -0.619. The Bertz CT molecular complexity index is 498. The summed E-state index contributed by atoms with van der Waals surface area (Å²) < 4.78 is 4.68. The zero-order valence-corrected chi connectivity index (χ0v) is 14.6. The highest BCUT2D eigenvalue weighted by atomic mass is 16.5. The Morgan fingerprint density at radius 1 is 1.43 bits per heavy atom. The van der Waals surface area contributed by atoms with Crippen molar-refractivity contribution in [2.24, 2.45) is 5.41 Å². The first kappa shape index (κ1) is 17.4. The summed E-state index contributed by atoms with van der Waals surface area (Å²) >= 11 is 0. The molecule has 0 spiro atoms. The molecule has 0 saturated carbocycles. The smallest absolute Gasteiger partial charge is 0.407 e. The topological polar surface area (TPSA) is 82.7 Å². The number of hydrogen-bond donors (Lipinski definition) is 3. The van der Waals surface area contributed by atoms with Crippen LogP contribution in [-0.2, 0) is 9.53 Å². The quantitative estimate of drug-likeness (QED) is 0.725. The predicted octanol–water partition coefficient (Wildman–Crippen LogP) is 1.13. The lowest BCUT2D eigenvalue weighted by molar-refractivity contribution is -0.137. The van der Waals surface area contributed by atoms with Crippen LogP contribution in [0.1, 0.15) is 40.5 Å². The summed E-state index contributed by atoms with van der Waals surface area (Å²) in [4.78, 5) is 26.6. The standard InChI is InChI=1S/C16H28N4O3/c1-10-9-17-13(18-10)11-7-6-8-20(11)14(21)12(16(2,3)4)19-15(22)23-5/h9,11-13,17-18H,6-8H2,1-5H3,(H,19,22). The zero-order valence-electron chi connectivity index (χ0n) is 14.6. The van der Waals surface area contributed by atoms with Gasteiger partial charge in [-0.3, -0.25) is 4.79 Å². The monoisotopic (exact) mass is 324 g/mol. The summed E-state index contributed by atoms with van der Waals surface area (Å²) in [6.07, 6.45) is 3.28. The lowest BCUT2D eigenvalue weighted by Crippen LogP contribution is -2.59. The van der Waals surface area contributed by atoms with Crippen LogP contribution in [-0.4, -0.2) is 48.8 Å². The highest BCUT2D eigenvalue weighted by molar-refractivity contribution is 5.87. The van der Waals surface area contributed by atoms with Crippen LogP contribution in [0.25, 0.3) is 0 Å². The molecular formula is C16H28N4O3. The Balaban J connectivity index is 2.13. The molecule has 23 heavy (non-hydrogen) atoms. The second-order valence-corrected chi connectivity index (χ2v) is 7.29. The summed E-state index contributed by atoms with van der Waals surface area (Å²) in [6.45, 7) is 8.51. The van der Waals surface area contributed by atoms with E-state index < -0.39 is 17.6 Å². The molecule has 7 heteroatoms. The van der Waals surface area contributed by atoms with Gasteiger partial charge in [-0.25, -0.2) is 4.79 Å². The molecule has 2 amide bonds. The number of carbonyl (C=O) groups is 2. The molecule has 0 aromatic carbocycles. The highest BCUT2D eigenvalue weighted by Crippen LogP contribution is 2.27. The molecule has 3 atom stereocenters. The maximum atomic E-state index is 13.1. The third kappa shape index (κ3) is 3.89. The average Bonchev–Trinajstić information content (AvgIpc) is 3.10. The van der Waals surface area contributed by atoms with Gasteiger partial charge in [0.2, 0.25) is 5.91 Å². The van der Waals surface area contributed by atoms with E-state index in [0.29, 0.717) is 6.54 Å². The number of rotatable bonds is 3. The molecule has 3 unspecified atom stereocenters. The molecule has 2 heterocycles. The van der Waals surface area contributed by atoms with E-state index in [-0.39, 0.29) is 18.1 Å². The molecule has 0 aliphatic carbocycles. The number of amides is 2. The van der Waals surface area contributed by atoms with Gasteiger partial charge in [0.25, 0.3) is 0 Å². The Hall–Kier alpha value is -1.92. The van der Waals surface area contributed by atoms with E-state index in [2.05, 4.69) is 20.7 Å². The van der Waals surface area contributed by atoms with Gasteiger partial charge in [-0.2, -0.15) is 0 Å². The van der Waals surface area contributed by atoms with Gasteiger partial charge in [0.05, 0.1) is 13.2 Å². The Morgan fingerprint density at radius 2 is 2.13 bits per heavy atom. The van der Waals surface area contributed by atoms with E-state index in [4.69, 9.17) is 0 Å². The van der Waals surface area contributed by atoms with Gasteiger partial charge in [-0.15, -0.1) is 0 Å². The third-order valence-electron chi connectivity index (χ3n) is 4.39. The van der Waals surface area contributed by atoms with Gasteiger partial charge in [0.1, 0.15) is 12.2 Å². The van der Waals surface area contributed by atoms with Crippen LogP contribution in [0.5, 0.6) is 0 Å². The van der Waals surface area contributed by atoms with Crippen LogP contribution in [0.2, 0.25) is 0 Å². The molecule has 2 aliphatic rings. The molecule has 1 fully saturated rings. The number of likely N-dealkylation sites (tertiary alicyclic amines) is 1. The number of allylic oxidation sites excluding steroid dienone is 1. The Morgan fingerprint density at radius 3 is 2.65 bits per heavy atom. The summed E-state index contributed by atoms with van der Waals surface area (Å²) in [7, 11) is 1.30. The van der Waals surface area contributed by atoms with Crippen LogP contribution in [0.15, 0.2) is 11.9 Å². The van der Waals surface area contributed by atoms with Gasteiger partial charge in [0.15, 0.2) is 0 Å². The van der Waals surface area contributed by atoms with E-state index in [0.717, 1.165) is 18.5 Å². The number of nitrogens with one attached hydrogen (secondary N) is 3. The molecule has 130 valence electrons. The molecular weight excluding hydrogens is 296 g/mol. The minimum Gasteiger partial charge on any atom is -0.453 e. The van der Waals surface area contributed by atoms with Crippen LogP contribution >= 0.6 is 0 Å². The largest absolute Gasteiger partial charge is 0.453 e. The minimum absolute atomic E-state index is 0.0280. The number of alkyl carbamates (subject to hydrolysis) is 1. The summed E-state index contributed by atoms with van der Waals surface area (Å²) in [6, 6.07) is -0.550. The summed E-state index contributed by atoms with van der Waals surface area (Å²) in [5.74, 6) is -0.0569. The molecule has 3 N–H and O–H groups in total.